The van der Waals surface area contributed by atoms with Gasteiger partial charge >= 0.3 is 5.69 Å². The van der Waals surface area contributed by atoms with Crippen molar-refractivity contribution in [3.8, 4) is 17.2 Å². The van der Waals surface area contributed by atoms with E-state index in [1.54, 1.807) is 29.0 Å². The van der Waals surface area contributed by atoms with E-state index in [2.05, 4.69) is 15.4 Å². The second-order valence-corrected chi connectivity index (χ2v) is 5.52. The molecule has 11 heteroatoms. The molecule has 28 heavy (non-hydrogen) atoms. The molecule has 0 aliphatic rings. The average molecular weight is 387 g/mol. The van der Waals surface area contributed by atoms with Gasteiger partial charge in [-0.25, -0.2) is 9.50 Å². The molecule has 0 atom stereocenters. The van der Waals surface area contributed by atoms with Crippen molar-refractivity contribution in [2.24, 2.45) is 0 Å². The van der Waals surface area contributed by atoms with Crippen LogP contribution in [-0.4, -0.2) is 46.8 Å². The Labute approximate surface area is 159 Å². The maximum Gasteiger partial charge on any atom is 0.327 e. The fourth-order valence-corrected chi connectivity index (χ4v) is 2.78. The third-order valence-electron chi connectivity index (χ3n) is 4.03. The molecule has 0 fully saturated rings. The quantitative estimate of drug-likeness (QED) is 0.478. The van der Waals surface area contributed by atoms with E-state index in [-0.39, 0.29) is 29.4 Å². The summed E-state index contributed by atoms with van der Waals surface area (Å²) in [5, 5.41) is 18.4. The molecule has 0 aliphatic heterocycles. The number of methoxy groups -OCH3 is 3. The highest BCUT2D eigenvalue weighted by Crippen LogP contribution is 2.46. The third kappa shape index (κ3) is 3.24. The number of aromatic nitrogens is 3. The first-order valence-electron chi connectivity index (χ1n) is 8.05. The number of rotatable bonds is 7. The average Bonchev–Trinajstić information content (AvgIpc) is 3.19. The fourth-order valence-electron chi connectivity index (χ4n) is 2.78. The van der Waals surface area contributed by atoms with Crippen LogP contribution in [0.5, 0.6) is 17.2 Å². The van der Waals surface area contributed by atoms with Gasteiger partial charge in [0, 0.05) is 18.3 Å². The maximum atomic E-state index is 12.7. The minimum Gasteiger partial charge on any atom is -0.493 e. The number of nitro groups is 1. The van der Waals surface area contributed by atoms with E-state index in [1.165, 1.54) is 27.4 Å². The van der Waals surface area contributed by atoms with Gasteiger partial charge in [-0.05, 0) is 6.07 Å². The Balaban J connectivity index is 1.98. The van der Waals surface area contributed by atoms with E-state index in [0.717, 1.165) is 0 Å². The van der Waals surface area contributed by atoms with Gasteiger partial charge in [0.15, 0.2) is 11.4 Å². The molecular weight excluding hydrogens is 370 g/mol. The molecule has 0 aliphatic carbocycles. The lowest BCUT2D eigenvalue weighted by Crippen LogP contribution is -2.25. The summed E-state index contributed by atoms with van der Waals surface area (Å²) in [6, 6.07) is 4.64. The summed E-state index contributed by atoms with van der Waals surface area (Å²) < 4.78 is 17.0. The Bertz CT molecular complexity index is 1050. The zero-order valence-corrected chi connectivity index (χ0v) is 15.3. The Kier molecular flexibility index (Phi) is 5.25. The van der Waals surface area contributed by atoms with E-state index >= 15 is 0 Å². The zero-order chi connectivity index (χ0) is 20.3. The number of amides is 1. The van der Waals surface area contributed by atoms with Crippen LogP contribution in [0.25, 0.3) is 5.65 Å². The van der Waals surface area contributed by atoms with Crippen LogP contribution in [0.3, 0.4) is 0 Å². The molecule has 1 aromatic carbocycles. The van der Waals surface area contributed by atoms with Gasteiger partial charge in [-0.3, -0.25) is 14.9 Å². The van der Waals surface area contributed by atoms with Crippen molar-refractivity contribution < 1.29 is 23.9 Å². The first kappa shape index (κ1) is 18.9. The summed E-state index contributed by atoms with van der Waals surface area (Å²) in [5.41, 5.74) is 0.533. The fraction of sp³-hybridized carbons (Fsp3) is 0.235. The van der Waals surface area contributed by atoms with Crippen molar-refractivity contribution in [1.29, 1.82) is 0 Å². The molecule has 1 amide bonds. The molecule has 0 radical (unpaired) electrons. The molecular formula is C17H17N5O6. The smallest absolute Gasteiger partial charge is 0.327 e. The molecule has 0 bridgehead atoms. The lowest BCUT2D eigenvalue weighted by atomic mass is 10.1. The Morgan fingerprint density at radius 3 is 2.57 bits per heavy atom. The van der Waals surface area contributed by atoms with Gasteiger partial charge in [-0.15, -0.1) is 0 Å². The topological polar surface area (TPSA) is 130 Å². The van der Waals surface area contributed by atoms with Crippen molar-refractivity contribution >= 4 is 17.2 Å². The highest BCUT2D eigenvalue weighted by atomic mass is 16.6. The lowest BCUT2D eigenvalue weighted by molar-refractivity contribution is -0.386. The summed E-state index contributed by atoms with van der Waals surface area (Å²) in [4.78, 5) is 27.8. The van der Waals surface area contributed by atoms with Crippen LogP contribution in [0.4, 0.5) is 5.69 Å². The van der Waals surface area contributed by atoms with Gasteiger partial charge in [0.2, 0.25) is 11.5 Å². The number of hydrogen-bond donors (Lipinski definition) is 1. The molecule has 3 rings (SSSR count). The van der Waals surface area contributed by atoms with Gasteiger partial charge in [0.1, 0.15) is 5.56 Å². The monoisotopic (exact) mass is 387 g/mol. The minimum atomic E-state index is -0.701. The highest BCUT2D eigenvalue weighted by Gasteiger charge is 2.32. The molecule has 0 unspecified atom stereocenters. The first-order chi connectivity index (χ1) is 13.5. The Morgan fingerprint density at radius 2 is 1.93 bits per heavy atom. The van der Waals surface area contributed by atoms with E-state index < -0.39 is 16.5 Å². The maximum absolute atomic E-state index is 12.7. The molecule has 0 saturated carbocycles. The number of ether oxygens (including phenoxy) is 3. The van der Waals surface area contributed by atoms with Crippen molar-refractivity contribution in [2.45, 2.75) is 6.54 Å². The van der Waals surface area contributed by atoms with Crippen molar-refractivity contribution in [3.05, 3.63) is 52.0 Å². The number of carbonyl (C=O) groups excluding carboxylic acids is 1. The van der Waals surface area contributed by atoms with Gasteiger partial charge in [-0.2, -0.15) is 5.10 Å². The molecule has 3 aromatic rings. The van der Waals surface area contributed by atoms with Crippen molar-refractivity contribution in [3.63, 3.8) is 0 Å². The molecule has 2 aromatic heterocycles. The van der Waals surface area contributed by atoms with Gasteiger partial charge in [0.25, 0.3) is 5.91 Å². The number of hydrogen-bond acceptors (Lipinski definition) is 8. The Hall–Kier alpha value is -3.89. The van der Waals surface area contributed by atoms with Crippen LogP contribution in [0.1, 0.15) is 16.1 Å². The zero-order valence-electron chi connectivity index (χ0n) is 15.3. The van der Waals surface area contributed by atoms with Crippen LogP contribution >= 0.6 is 0 Å². The number of nitrogens with zero attached hydrogens (tertiary/aromatic N) is 4. The summed E-state index contributed by atoms with van der Waals surface area (Å²) in [5.74, 6) is -0.715. The second-order valence-electron chi connectivity index (χ2n) is 5.52. The number of benzene rings is 1. The van der Waals surface area contributed by atoms with Gasteiger partial charge < -0.3 is 19.5 Å². The summed E-state index contributed by atoms with van der Waals surface area (Å²) >= 11 is 0. The molecule has 2 heterocycles. The standard InChI is InChI=1S/C17H17N5O6/c1-26-12-8-11(14(22(24)25)16(28-3)15(12)27-2)17(23)19-9-10-4-6-18-13-5-7-20-21(10)13/h4-8H,9H2,1-3H3,(H,19,23). The predicted molar refractivity (Wildman–Crippen MR) is 96.9 cm³/mol. The number of nitro benzene ring substituents is 1. The van der Waals surface area contributed by atoms with Crippen LogP contribution in [0.15, 0.2) is 30.6 Å². The van der Waals surface area contributed by atoms with Crippen LogP contribution < -0.4 is 19.5 Å². The molecule has 0 saturated heterocycles. The summed E-state index contributed by atoms with van der Waals surface area (Å²) in [6.07, 6.45) is 3.16. The Morgan fingerprint density at radius 1 is 1.18 bits per heavy atom. The normalized spacial score (nSPS) is 10.5. The number of nitrogens with one attached hydrogen (secondary N) is 1. The van der Waals surface area contributed by atoms with E-state index in [1.807, 2.05) is 0 Å². The largest absolute Gasteiger partial charge is 0.493 e. The summed E-state index contributed by atoms with van der Waals surface area (Å²) in [6.45, 7) is 0.0767. The van der Waals surface area contributed by atoms with E-state index in [0.29, 0.717) is 11.3 Å². The second kappa shape index (κ2) is 7.78. The van der Waals surface area contributed by atoms with Gasteiger partial charge in [0.05, 0.1) is 44.7 Å². The van der Waals surface area contributed by atoms with Crippen LogP contribution in [0.2, 0.25) is 0 Å². The molecule has 146 valence electrons. The lowest BCUT2D eigenvalue weighted by Gasteiger charge is -2.15. The molecule has 0 spiro atoms. The third-order valence-corrected chi connectivity index (χ3v) is 4.03. The molecule has 1 N–H and O–H groups in total. The van der Waals surface area contributed by atoms with Crippen molar-refractivity contribution in [1.82, 2.24) is 19.9 Å². The van der Waals surface area contributed by atoms with E-state index in [9.17, 15) is 14.9 Å². The number of fused-ring (bicyclic) bond motifs is 1. The van der Waals surface area contributed by atoms with Crippen molar-refractivity contribution in [2.75, 3.05) is 21.3 Å². The first-order valence-corrected chi connectivity index (χ1v) is 8.05. The predicted octanol–water partition coefficient (Wildman–Crippen LogP) is 1.59. The van der Waals surface area contributed by atoms with Crippen LogP contribution in [0, 0.1) is 10.1 Å². The van der Waals surface area contributed by atoms with Gasteiger partial charge in [-0.1, -0.05) is 0 Å². The van der Waals surface area contributed by atoms with E-state index in [4.69, 9.17) is 14.2 Å². The SMILES string of the molecule is COc1cc(C(=O)NCc2ccnc3ccnn23)c([N+](=O)[O-])c(OC)c1OC. The molecule has 11 nitrogen and oxygen atoms in total. The number of carbonyl (C=O) groups is 1. The highest BCUT2D eigenvalue weighted by molar-refractivity contribution is 6.00. The van der Waals surface area contributed by atoms with Crippen LogP contribution in [-0.2, 0) is 6.54 Å². The minimum absolute atomic E-state index is 0.0284. The summed E-state index contributed by atoms with van der Waals surface area (Å²) in [7, 11) is 3.93.